The normalized spacial score (nSPS) is 10.7. The van der Waals surface area contributed by atoms with Gasteiger partial charge in [-0.3, -0.25) is 10.1 Å². The van der Waals surface area contributed by atoms with Crippen LogP contribution in [0.5, 0.6) is 0 Å². The molecule has 19 heavy (non-hydrogen) atoms. The largest absolute Gasteiger partial charge is 0.398 e. The van der Waals surface area contributed by atoms with Crippen LogP contribution in [0.1, 0.15) is 0 Å². The van der Waals surface area contributed by atoms with Crippen LogP contribution in [0.15, 0.2) is 18.2 Å². The number of nitro groups is 1. The first kappa shape index (κ1) is 15.2. The molecule has 0 spiro atoms. The summed E-state index contributed by atoms with van der Waals surface area (Å²) < 4.78 is 5.40. The van der Waals surface area contributed by atoms with Crippen molar-refractivity contribution >= 4 is 17.1 Å². The average Bonchev–Trinajstić information content (AvgIpc) is 2.32. The molecule has 106 valence electrons. The molecule has 7 nitrogen and oxygen atoms in total. The van der Waals surface area contributed by atoms with Crippen molar-refractivity contribution in [3.8, 4) is 0 Å². The lowest BCUT2D eigenvalue weighted by atomic mass is 10.2. The second-order valence-corrected chi connectivity index (χ2v) is 4.41. The molecule has 0 aliphatic heterocycles. The zero-order valence-electron chi connectivity index (χ0n) is 11.3. The molecule has 0 unspecified atom stereocenters. The number of nitrogens with zero attached hydrogens (tertiary/aromatic N) is 2. The Morgan fingerprint density at radius 2 is 2.11 bits per heavy atom. The van der Waals surface area contributed by atoms with E-state index in [-0.39, 0.29) is 5.69 Å². The molecule has 0 amide bonds. The highest BCUT2D eigenvalue weighted by molar-refractivity contribution is 5.61. The van der Waals surface area contributed by atoms with Gasteiger partial charge in [-0.1, -0.05) is 0 Å². The summed E-state index contributed by atoms with van der Waals surface area (Å²) in [5, 5.41) is 13.7. The van der Waals surface area contributed by atoms with Gasteiger partial charge in [-0.05, 0) is 20.2 Å². The number of rotatable bonds is 8. The standard InChI is InChI=1S/C12H20N4O3/c1-15(2)4-6-19-5-3-14-11-7-10(13)8-12(9-11)16(17)18/h7-9,14H,3-6,13H2,1-2H3. The second-order valence-electron chi connectivity index (χ2n) is 4.41. The zero-order valence-corrected chi connectivity index (χ0v) is 11.3. The van der Waals surface area contributed by atoms with E-state index in [1.807, 2.05) is 19.0 Å². The third kappa shape index (κ3) is 6.03. The summed E-state index contributed by atoms with van der Waals surface area (Å²) in [6.45, 7) is 2.64. The minimum Gasteiger partial charge on any atom is -0.398 e. The van der Waals surface area contributed by atoms with Crippen molar-refractivity contribution in [3.63, 3.8) is 0 Å². The van der Waals surface area contributed by atoms with Crippen LogP contribution in [-0.4, -0.2) is 50.2 Å². The van der Waals surface area contributed by atoms with Crippen LogP contribution in [0.25, 0.3) is 0 Å². The molecule has 0 aliphatic rings. The number of nitrogen functional groups attached to an aromatic ring is 1. The van der Waals surface area contributed by atoms with E-state index in [9.17, 15) is 10.1 Å². The smallest absolute Gasteiger partial charge is 0.273 e. The van der Waals surface area contributed by atoms with E-state index in [4.69, 9.17) is 10.5 Å². The number of hydrogen-bond acceptors (Lipinski definition) is 6. The van der Waals surface area contributed by atoms with Gasteiger partial charge in [0.05, 0.1) is 18.1 Å². The van der Waals surface area contributed by atoms with Crippen LogP contribution in [0.2, 0.25) is 0 Å². The lowest BCUT2D eigenvalue weighted by molar-refractivity contribution is -0.384. The molecule has 1 aromatic rings. The lowest BCUT2D eigenvalue weighted by Gasteiger charge is -2.11. The predicted molar refractivity (Wildman–Crippen MR) is 75.4 cm³/mol. The van der Waals surface area contributed by atoms with Gasteiger partial charge >= 0.3 is 0 Å². The number of likely N-dealkylation sites (N-methyl/N-ethyl adjacent to an activating group) is 1. The van der Waals surface area contributed by atoms with Gasteiger partial charge in [0.15, 0.2) is 0 Å². The van der Waals surface area contributed by atoms with E-state index in [1.165, 1.54) is 12.1 Å². The fraction of sp³-hybridized carbons (Fsp3) is 0.500. The molecule has 0 aromatic heterocycles. The summed E-state index contributed by atoms with van der Waals surface area (Å²) in [6, 6.07) is 4.45. The molecule has 0 fully saturated rings. The Balaban J connectivity index is 2.35. The van der Waals surface area contributed by atoms with E-state index in [1.54, 1.807) is 6.07 Å². The van der Waals surface area contributed by atoms with Crippen molar-refractivity contribution in [2.24, 2.45) is 0 Å². The second kappa shape index (κ2) is 7.55. The minimum absolute atomic E-state index is 0.0176. The molecular formula is C12H20N4O3. The van der Waals surface area contributed by atoms with Gasteiger partial charge in [0.2, 0.25) is 0 Å². The Labute approximate surface area is 112 Å². The van der Waals surface area contributed by atoms with Crippen LogP contribution < -0.4 is 11.1 Å². The molecule has 1 aromatic carbocycles. The van der Waals surface area contributed by atoms with Crippen molar-refractivity contribution in [3.05, 3.63) is 28.3 Å². The average molecular weight is 268 g/mol. The van der Waals surface area contributed by atoms with Crippen molar-refractivity contribution in [1.29, 1.82) is 0 Å². The van der Waals surface area contributed by atoms with Gasteiger partial charge in [0.25, 0.3) is 5.69 Å². The van der Waals surface area contributed by atoms with Crippen LogP contribution in [-0.2, 0) is 4.74 Å². The molecule has 0 radical (unpaired) electrons. The monoisotopic (exact) mass is 268 g/mol. The molecule has 0 saturated heterocycles. The predicted octanol–water partition coefficient (Wildman–Crippen LogP) is 1.17. The lowest BCUT2D eigenvalue weighted by Crippen LogP contribution is -2.20. The van der Waals surface area contributed by atoms with Crippen LogP contribution in [0, 0.1) is 10.1 Å². The minimum atomic E-state index is -0.463. The van der Waals surface area contributed by atoms with E-state index < -0.39 is 4.92 Å². The highest BCUT2D eigenvalue weighted by Crippen LogP contribution is 2.21. The number of non-ortho nitro benzene ring substituents is 1. The fourth-order valence-electron chi connectivity index (χ4n) is 1.46. The highest BCUT2D eigenvalue weighted by atomic mass is 16.6. The van der Waals surface area contributed by atoms with Crippen molar-refractivity contribution in [2.75, 3.05) is 51.4 Å². The zero-order chi connectivity index (χ0) is 14.3. The number of anilines is 2. The van der Waals surface area contributed by atoms with Crippen molar-refractivity contribution in [2.45, 2.75) is 0 Å². The fourth-order valence-corrected chi connectivity index (χ4v) is 1.46. The summed E-state index contributed by atoms with van der Waals surface area (Å²) in [7, 11) is 3.96. The molecule has 3 N–H and O–H groups in total. The van der Waals surface area contributed by atoms with E-state index in [2.05, 4.69) is 5.32 Å². The number of benzene rings is 1. The number of ether oxygens (including phenoxy) is 1. The molecule has 0 heterocycles. The number of nitrogens with one attached hydrogen (secondary N) is 1. The first-order chi connectivity index (χ1) is 8.99. The first-order valence-electron chi connectivity index (χ1n) is 6.00. The van der Waals surface area contributed by atoms with Gasteiger partial charge in [-0.15, -0.1) is 0 Å². The van der Waals surface area contributed by atoms with Crippen LogP contribution in [0.3, 0.4) is 0 Å². The number of nitro benzene ring substituents is 1. The van der Waals surface area contributed by atoms with E-state index >= 15 is 0 Å². The summed E-state index contributed by atoms with van der Waals surface area (Å²) in [4.78, 5) is 12.3. The Kier molecular flexibility index (Phi) is 6.04. The van der Waals surface area contributed by atoms with Crippen LogP contribution >= 0.6 is 0 Å². The van der Waals surface area contributed by atoms with E-state index in [0.29, 0.717) is 31.1 Å². The third-order valence-corrected chi connectivity index (χ3v) is 2.41. The van der Waals surface area contributed by atoms with E-state index in [0.717, 1.165) is 6.54 Å². The number of nitrogens with two attached hydrogens (primary N) is 1. The number of hydrogen-bond donors (Lipinski definition) is 2. The van der Waals surface area contributed by atoms with Gasteiger partial charge in [-0.25, -0.2) is 0 Å². The van der Waals surface area contributed by atoms with Crippen LogP contribution in [0.4, 0.5) is 17.1 Å². The Morgan fingerprint density at radius 1 is 1.37 bits per heavy atom. The molecule has 0 bridgehead atoms. The molecule has 0 aliphatic carbocycles. The van der Waals surface area contributed by atoms with Crippen molar-refractivity contribution < 1.29 is 9.66 Å². The Hall–Kier alpha value is -1.86. The maximum atomic E-state index is 10.7. The van der Waals surface area contributed by atoms with Crippen molar-refractivity contribution in [1.82, 2.24) is 4.90 Å². The summed E-state index contributed by atoms with van der Waals surface area (Å²) in [5.74, 6) is 0. The molecule has 0 atom stereocenters. The molecule has 0 saturated carbocycles. The highest BCUT2D eigenvalue weighted by Gasteiger charge is 2.07. The quantitative estimate of drug-likeness (QED) is 0.318. The molecule has 1 rings (SSSR count). The summed E-state index contributed by atoms with van der Waals surface area (Å²) in [6.07, 6.45) is 0. The molecule has 7 heteroatoms. The topological polar surface area (TPSA) is 93.7 Å². The Bertz CT molecular complexity index is 423. The third-order valence-electron chi connectivity index (χ3n) is 2.41. The SMILES string of the molecule is CN(C)CCOCCNc1cc(N)cc([N+](=O)[O-])c1. The first-order valence-corrected chi connectivity index (χ1v) is 6.00. The van der Waals surface area contributed by atoms with Gasteiger partial charge < -0.3 is 20.7 Å². The summed E-state index contributed by atoms with van der Waals surface area (Å²) in [5.41, 5.74) is 6.58. The van der Waals surface area contributed by atoms with Gasteiger partial charge in [-0.2, -0.15) is 0 Å². The molecular weight excluding hydrogens is 248 g/mol. The van der Waals surface area contributed by atoms with Gasteiger partial charge in [0, 0.05) is 36.6 Å². The maximum absolute atomic E-state index is 10.7. The Morgan fingerprint density at radius 3 is 2.74 bits per heavy atom. The summed E-state index contributed by atoms with van der Waals surface area (Å²) >= 11 is 0. The van der Waals surface area contributed by atoms with Gasteiger partial charge in [0.1, 0.15) is 0 Å². The maximum Gasteiger partial charge on any atom is 0.273 e.